The van der Waals surface area contributed by atoms with Gasteiger partial charge in [0.25, 0.3) is 5.56 Å². The summed E-state index contributed by atoms with van der Waals surface area (Å²) < 4.78 is 26.2. The molecule has 10 heteroatoms. The average molecular weight is 386 g/mol. The van der Waals surface area contributed by atoms with Gasteiger partial charge in [0.2, 0.25) is 0 Å². The van der Waals surface area contributed by atoms with E-state index < -0.39 is 27.7 Å². The van der Waals surface area contributed by atoms with Crippen molar-refractivity contribution in [2.45, 2.75) is 52.6 Å². The van der Waals surface area contributed by atoms with Crippen LogP contribution in [0.3, 0.4) is 0 Å². The molecule has 2 aromatic rings. The van der Waals surface area contributed by atoms with Crippen molar-refractivity contribution in [3.05, 3.63) is 26.7 Å². The van der Waals surface area contributed by atoms with Crippen molar-refractivity contribution in [2.24, 2.45) is 0 Å². The number of aliphatic hydroxyl groups excluding tert-OH is 1. The predicted octanol–water partition coefficient (Wildman–Crippen LogP) is 0.000900. The minimum absolute atomic E-state index is 0.129. The molecule has 0 saturated carbocycles. The van der Waals surface area contributed by atoms with Crippen LogP contribution in [0.1, 0.15) is 39.9 Å². The molecule has 0 aliphatic heterocycles. The number of rotatable bonds is 7. The molecular weight excluding hydrogens is 360 g/mol. The van der Waals surface area contributed by atoms with E-state index in [-0.39, 0.29) is 41.2 Å². The summed E-state index contributed by atoms with van der Waals surface area (Å²) in [4.78, 5) is 32.8. The highest BCUT2D eigenvalue weighted by Crippen LogP contribution is 2.20. The molecule has 2 rings (SSSR count). The molecule has 2 N–H and O–H groups in total. The summed E-state index contributed by atoms with van der Waals surface area (Å²) in [5.74, 6) is -0.136. The van der Waals surface area contributed by atoms with Gasteiger partial charge in [-0.15, -0.1) is 0 Å². The Bertz CT molecular complexity index is 1010. The highest BCUT2D eigenvalue weighted by atomic mass is 32.2. The fourth-order valence-electron chi connectivity index (χ4n) is 2.62. The van der Waals surface area contributed by atoms with E-state index in [0.29, 0.717) is 12.2 Å². The first kappa shape index (κ1) is 20.4. The van der Waals surface area contributed by atoms with Gasteiger partial charge in [0, 0.05) is 18.5 Å². The number of imidazole rings is 1. The third kappa shape index (κ3) is 4.07. The Kier molecular flexibility index (Phi) is 5.76. The Morgan fingerprint density at radius 2 is 1.77 bits per heavy atom. The quantitative estimate of drug-likeness (QED) is 0.690. The third-order valence-electron chi connectivity index (χ3n) is 4.05. The van der Waals surface area contributed by atoms with Crippen molar-refractivity contribution in [1.29, 1.82) is 0 Å². The van der Waals surface area contributed by atoms with E-state index in [1.54, 1.807) is 0 Å². The first-order valence-electron chi connectivity index (χ1n) is 8.57. The maximum atomic E-state index is 12.8. The lowest BCUT2D eigenvalue weighted by Crippen LogP contribution is -2.41. The van der Waals surface area contributed by atoms with Crippen LogP contribution < -0.4 is 11.2 Å². The maximum Gasteiger partial charge on any atom is 0.332 e. The standard InChI is InChI=1S/C16H26N4O5S/c1-5-6-20-13(22)11-12(18-14(17-11)16(2,3)4)19(15(20)23)7-9-26(24,25)10-8-21/h21H,5-10H2,1-4H3,(H,17,18). The minimum Gasteiger partial charge on any atom is -0.395 e. The number of H-pyrrole nitrogens is 1. The number of nitrogens with zero attached hydrogens (tertiary/aromatic N) is 3. The van der Waals surface area contributed by atoms with Gasteiger partial charge in [-0.05, 0) is 6.42 Å². The van der Waals surface area contributed by atoms with Crippen LogP contribution in [-0.2, 0) is 28.3 Å². The molecule has 26 heavy (non-hydrogen) atoms. The smallest absolute Gasteiger partial charge is 0.332 e. The van der Waals surface area contributed by atoms with Gasteiger partial charge in [0.15, 0.2) is 15.5 Å². The van der Waals surface area contributed by atoms with Crippen LogP contribution in [0.2, 0.25) is 0 Å². The number of hydrogen-bond donors (Lipinski definition) is 2. The summed E-state index contributed by atoms with van der Waals surface area (Å²) in [5, 5.41) is 8.86. The zero-order valence-corrected chi connectivity index (χ0v) is 16.4. The lowest BCUT2D eigenvalue weighted by molar-refractivity contribution is 0.319. The molecule has 0 aliphatic carbocycles. The van der Waals surface area contributed by atoms with E-state index in [0.717, 1.165) is 4.57 Å². The van der Waals surface area contributed by atoms with Gasteiger partial charge in [-0.25, -0.2) is 18.2 Å². The second kappa shape index (κ2) is 7.36. The van der Waals surface area contributed by atoms with Gasteiger partial charge < -0.3 is 10.1 Å². The van der Waals surface area contributed by atoms with Gasteiger partial charge in [-0.2, -0.15) is 0 Å². The van der Waals surface area contributed by atoms with Crippen LogP contribution in [0.5, 0.6) is 0 Å². The molecule has 2 heterocycles. The van der Waals surface area contributed by atoms with Crippen molar-refractivity contribution in [3.8, 4) is 0 Å². The molecule has 0 bridgehead atoms. The summed E-state index contributed by atoms with van der Waals surface area (Å²) in [6, 6.07) is 0. The number of fused-ring (bicyclic) bond motifs is 1. The van der Waals surface area contributed by atoms with Crippen molar-refractivity contribution >= 4 is 21.0 Å². The molecule has 0 unspecified atom stereocenters. The van der Waals surface area contributed by atoms with Crippen molar-refractivity contribution in [1.82, 2.24) is 19.1 Å². The van der Waals surface area contributed by atoms with Crippen LogP contribution in [0.15, 0.2) is 9.59 Å². The van der Waals surface area contributed by atoms with Crippen LogP contribution in [0.25, 0.3) is 11.2 Å². The monoisotopic (exact) mass is 386 g/mol. The van der Waals surface area contributed by atoms with Crippen LogP contribution >= 0.6 is 0 Å². The van der Waals surface area contributed by atoms with E-state index in [9.17, 15) is 18.0 Å². The molecule has 0 atom stereocenters. The van der Waals surface area contributed by atoms with E-state index in [4.69, 9.17) is 5.11 Å². The maximum absolute atomic E-state index is 12.8. The molecule has 0 amide bonds. The lowest BCUT2D eigenvalue weighted by Gasteiger charge is -2.13. The van der Waals surface area contributed by atoms with Crippen LogP contribution in [-0.4, -0.2) is 50.7 Å². The lowest BCUT2D eigenvalue weighted by atomic mass is 9.96. The normalized spacial score (nSPS) is 12.8. The third-order valence-corrected chi connectivity index (χ3v) is 5.66. The Balaban J connectivity index is 2.68. The SMILES string of the molecule is CCCn1c(=O)c2[nH]c(C(C)(C)C)nc2n(CCS(=O)(=O)CCO)c1=O. The van der Waals surface area contributed by atoms with E-state index in [1.807, 2.05) is 27.7 Å². The number of aliphatic hydroxyl groups is 1. The summed E-state index contributed by atoms with van der Waals surface area (Å²) in [7, 11) is -3.51. The molecule has 0 fully saturated rings. The zero-order valence-electron chi connectivity index (χ0n) is 15.6. The zero-order chi connectivity index (χ0) is 19.7. The first-order valence-corrected chi connectivity index (χ1v) is 10.4. The molecule has 0 aliphatic rings. The molecule has 0 spiro atoms. The summed E-state index contributed by atoms with van der Waals surface area (Å²) in [6.07, 6.45) is 0.587. The first-order chi connectivity index (χ1) is 12.0. The second-order valence-corrected chi connectivity index (χ2v) is 9.60. The number of aryl methyl sites for hydroxylation is 1. The minimum atomic E-state index is -3.51. The number of aromatic amines is 1. The molecular formula is C16H26N4O5S. The van der Waals surface area contributed by atoms with Crippen molar-refractivity contribution in [3.63, 3.8) is 0 Å². The van der Waals surface area contributed by atoms with Crippen LogP contribution in [0.4, 0.5) is 0 Å². The van der Waals surface area contributed by atoms with Crippen LogP contribution in [0, 0.1) is 0 Å². The Morgan fingerprint density at radius 1 is 1.12 bits per heavy atom. The number of aromatic nitrogens is 4. The van der Waals surface area contributed by atoms with Gasteiger partial charge in [0.05, 0.1) is 18.1 Å². The van der Waals surface area contributed by atoms with Crippen molar-refractivity contribution < 1.29 is 13.5 Å². The van der Waals surface area contributed by atoms with E-state index in [2.05, 4.69) is 9.97 Å². The summed E-state index contributed by atoms with van der Waals surface area (Å²) in [5.41, 5.74) is -1.04. The predicted molar refractivity (Wildman–Crippen MR) is 99.3 cm³/mol. The molecule has 2 aromatic heterocycles. The van der Waals surface area contributed by atoms with Gasteiger partial charge >= 0.3 is 5.69 Å². The topological polar surface area (TPSA) is 127 Å². The van der Waals surface area contributed by atoms with Gasteiger partial charge in [0.1, 0.15) is 11.3 Å². The molecule has 146 valence electrons. The molecule has 0 radical (unpaired) electrons. The number of hydrogen-bond acceptors (Lipinski definition) is 6. The number of nitrogens with one attached hydrogen (secondary N) is 1. The van der Waals surface area contributed by atoms with Gasteiger partial charge in [-0.3, -0.25) is 13.9 Å². The Labute approximate surface area is 151 Å². The Hall–Kier alpha value is -1.94. The van der Waals surface area contributed by atoms with Gasteiger partial charge in [-0.1, -0.05) is 27.7 Å². The van der Waals surface area contributed by atoms with E-state index in [1.165, 1.54) is 4.57 Å². The molecule has 0 aromatic carbocycles. The van der Waals surface area contributed by atoms with E-state index >= 15 is 0 Å². The highest BCUT2D eigenvalue weighted by Gasteiger charge is 2.23. The Morgan fingerprint density at radius 3 is 2.31 bits per heavy atom. The molecule has 0 saturated heterocycles. The summed E-state index contributed by atoms with van der Waals surface area (Å²) >= 11 is 0. The summed E-state index contributed by atoms with van der Waals surface area (Å²) in [6.45, 7) is 7.24. The van der Waals surface area contributed by atoms with Crippen molar-refractivity contribution in [2.75, 3.05) is 18.1 Å². The fourth-order valence-corrected chi connectivity index (χ4v) is 3.56. The number of sulfone groups is 1. The molecule has 9 nitrogen and oxygen atoms in total. The second-order valence-electron chi connectivity index (χ2n) is 7.30. The largest absolute Gasteiger partial charge is 0.395 e. The highest BCUT2D eigenvalue weighted by molar-refractivity contribution is 7.91. The average Bonchev–Trinajstić information content (AvgIpc) is 2.96. The fraction of sp³-hybridized carbons (Fsp3) is 0.688.